The highest BCUT2D eigenvalue weighted by Crippen LogP contribution is 2.27. The lowest BCUT2D eigenvalue weighted by atomic mass is 9.16. The summed E-state index contributed by atoms with van der Waals surface area (Å²) in [6.07, 6.45) is -5.41. The Hall–Kier alpha value is -5.45. The van der Waals surface area contributed by atoms with E-state index in [9.17, 15) is 65.9 Å². The number of hydrogen-bond acceptors (Lipinski definition) is 0. The zero-order valence-electron chi connectivity index (χ0n) is 26.9. The zero-order chi connectivity index (χ0) is 39.8. The second-order valence-corrected chi connectivity index (χ2v) is 14.2. The molecule has 0 bridgehead atoms. The van der Waals surface area contributed by atoms with Gasteiger partial charge in [0, 0.05) is 0 Å². The Balaban J connectivity index is 0.000000246. The van der Waals surface area contributed by atoms with E-state index >= 15 is 0 Å². The normalized spacial score (nSPS) is 11.3. The van der Waals surface area contributed by atoms with Crippen LogP contribution in [0.15, 0.2) is 91.0 Å². The second kappa shape index (κ2) is 15.5. The van der Waals surface area contributed by atoms with E-state index < -0.39 is 119 Å². The Bertz CT molecular complexity index is 2010. The van der Waals surface area contributed by atoms with Crippen LogP contribution in [0.5, 0.6) is 0 Å². The van der Waals surface area contributed by atoms with Crippen molar-refractivity contribution in [2.45, 2.75) is 6.82 Å². The lowest BCUT2D eigenvalue weighted by Gasteiger charge is -2.40. The molecule has 0 saturated heterocycles. The van der Waals surface area contributed by atoms with Gasteiger partial charge in [0.05, 0.1) is 0 Å². The van der Waals surface area contributed by atoms with E-state index in [-0.39, 0.29) is 6.82 Å². The van der Waals surface area contributed by atoms with E-state index in [2.05, 4.69) is 91.0 Å². The van der Waals surface area contributed by atoms with Crippen LogP contribution < -0.4 is 31.9 Å². The fraction of sp³-hybridized carbons (Fsp3) is 0.0270. The Morgan fingerprint density at radius 2 is 0.444 bits per heavy atom. The molecule has 0 spiro atoms. The minimum absolute atomic E-state index is 0.213. The van der Waals surface area contributed by atoms with E-state index in [0.29, 0.717) is 0 Å². The summed E-state index contributed by atoms with van der Waals surface area (Å²) < 4.78 is 212. The highest BCUT2D eigenvalue weighted by Gasteiger charge is 2.45. The SMILES string of the molecule is C[B-](c1c(F)c(F)c(F)c(F)c1F)(c1c(F)c(F)c(F)c(F)c1F)c1c(F)c(F)c(F)c(F)c1F.c1ccc([Si+](c2ccccc2)c2ccccc2)cc1. The molecule has 0 unspecified atom stereocenters. The van der Waals surface area contributed by atoms with Gasteiger partial charge in [0.2, 0.25) is 0 Å². The van der Waals surface area contributed by atoms with Gasteiger partial charge < -0.3 is 0 Å². The Labute approximate surface area is 297 Å². The average Bonchev–Trinajstić information content (AvgIpc) is 3.18. The molecule has 0 amide bonds. The average molecular weight is 786 g/mol. The lowest BCUT2D eigenvalue weighted by Crippen LogP contribution is -2.71. The molecule has 278 valence electrons. The fourth-order valence-corrected chi connectivity index (χ4v) is 8.71. The molecule has 0 aliphatic rings. The summed E-state index contributed by atoms with van der Waals surface area (Å²) in [5.41, 5.74) is -7.89. The molecule has 6 aromatic rings. The summed E-state index contributed by atoms with van der Waals surface area (Å²) in [5.74, 6) is -45.1. The molecule has 0 fully saturated rings. The minimum Gasteiger partial charge on any atom is -0.207 e. The predicted molar refractivity (Wildman–Crippen MR) is 173 cm³/mol. The van der Waals surface area contributed by atoms with Crippen molar-refractivity contribution < 1.29 is 65.9 Å². The fourth-order valence-electron chi connectivity index (χ4n) is 6.13. The third kappa shape index (κ3) is 6.65. The lowest BCUT2D eigenvalue weighted by molar-refractivity contribution is 0.379. The van der Waals surface area contributed by atoms with Crippen molar-refractivity contribution in [3.63, 3.8) is 0 Å². The number of benzene rings is 6. The highest BCUT2D eigenvalue weighted by molar-refractivity contribution is 7.11. The molecule has 17 heteroatoms. The topological polar surface area (TPSA) is 0 Å². The van der Waals surface area contributed by atoms with Crippen molar-refractivity contribution in [2.75, 3.05) is 0 Å². The Morgan fingerprint density at radius 3 is 0.630 bits per heavy atom. The van der Waals surface area contributed by atoms with Gasteiger partial charge in [-0.05, 0) is 36.4 Å². The van der Waals surface area contributed by atoms with Gasteiger partial charge in [0.15, 0.2) is 52.4 Å². The highest BCUT2D eigenvalue weighted by atomic mass is 28.3. The molecule has 6 aromatic carbocycles. The molecule has 6 rings (SSSR count). The summed E-state index contributed by atoms with van der Waals surface area (Å²) in [4.78, 5) is 0. The summed E-state index contributed by atoms with van der Waals surface area (Å²) in [5, 5.41) is 4.31. The van der Waals surface area contributed by atoms with Gasteiger partial charge in [-0.15, -0.1) is 16.4 Å². The quantitative estimate of drug-likeness (QED) is 0.0558. The van der Waals surface area contributed by atoms with E-state index in [1.165, 1.54) is 15.6 Å². The van der Waals surface area contributed by atoms with E-state index in [1.54, 1.807) is 0 Å². The van der Waals surface area contributed by atoms with Crippen LogP contribution in [0.1, 0.15) is 0 Å². The van der Waals surface area contributed by atoms with Crippen LogP contribution >= 0.6 is 0 Å². The molecule has 0 heterocycles. The van der Waals surface area contributed by atoms with Gasteiger partial charge in [-0.2, -0.15) is 6.82 Å². The molecule has 0 radical (unpaired) electrons. The van der Waals surface area contributed by atoms with Crippen molar-refractivity contribution >= 4 is 46.9 Å². The van der Waals surface area contributed by atoms with Crippen LogP contribution in [0.4, 0.5) is 65.9 Å². The largest absolute Gasteiger partial charge is 0.428 e. The Morgan fingerprint density at radius 1 is 0.278 bits per heavy atom. The van der Waals surface area contributed by atoms with Crippen molar-refractivity contribution in [3.05, 3.63) is 178 Å². The van der Waals surface area contributed by atoms with Crippen molar-refractivity contribution in [3.8, 4) is 0 Å². The first-order valence-electron chi connectivity index (χ1n) is 15.3. The maximum absolute atomic E-state index is 14.6. The standard InChI is InChI=1S/C19H3BF15.C18H15Si/c1-20(2-5(21)11(27)17(33)12(28)6(2)22,3-7(23)13(29)18(34)14(30)8(3)24)4-9(25)15(31)19(35)16(32)10(4)26;1-4-10-16(11-5-1)19(17-12-6-2-7-13-17)18-14-8-3-9-15-18/h1H3;1-15H/q-1;+1. The molecule has 0 aliphatic heterocycles. The monoisotopic (exact) mass is 786 g/mol. The van der Waals surface area contributed by atoms with Gasteiger partial charge in [-0.25, -0.2) is 65.9 Å². The molecule has 0 N–H and O–H groups in total. The molecule has 0 saturated carbocycles. The summed E-state index contributed by atoms with van der Waals surface area (Å²) in [6, 6.07) is 32.5. The van der Waals surface area contributed by atoms with Gasteiger partial charge in [-0.3, -0.25) is 0 Å². The van der Waals surface area contributed by atoms with Crippen molar-refractivity contribution in [1.29, 1.82) is 0 Å². The number of hydrogen-bond donors (Lipinski definition) is 0. The van der Waals surface area contributed by atoms with Gasteiger partial charge >= 0.3 is 8.80 Å². The van der Waals surface area contributed by atoms with Crippen LogP contribution in [-0.2, 0) is 0 Å². The van der Waals surface area contributed by atoms with Gasteiger partial charge in [0.1, 0.15) is 56.6 Å². The molecular weight excluding hydrogens is 768 g/mol. The van der Waals surface area contributed by atoms with Crippen molar-refractivity contribution in [2.24, 2.45) is 0 Å². The molecule has 0 nitrogen and oxygen atoms in total. The second-order valence-electron chi connectivity index (χ2n) is 11.7. The number of rotatable bonds is 6. The first-order chi connectivity index (χ1) is 25.5. The van der Waals surface area contributed by atoms with Crippen molar-refractivity contribution in [1.82, 2.24) is 0 Å². The predicted octanol–water partition coefficient (Wildman–Crippen LogP) is 7.08. The van der Waals surface area contributed by atoms with E-state index in [4.69, 9.17) is 0 Å². The van der Waals surface area contributed by atoms with Crippen LogP contribution in [-0.4, -0.2) is 14.9 Å². The van der Waals surface area contributed by atoms with Crippen LogP contribution in [0, 0.1) is 87.3 Å². The van der Waals surface area contributed by atoms with E-state index in [0.717, 1.165) is 0 Å². The smallest absolute Gasteiger partial charge is 0.207 e. The summed E-state index contributed by atoms with van der Waals surface area (Å²) in [7, 11) is -0.877. The van der Waals surface area contributed by atoms with Gasteiger partial charge in [-0.1, -0.05) is 54.6 Å². The van der Waals surface area contributed by atoms with Crippen LogP contribution in [0.3, 0.4) is 0 Å². The molecule has 54 heavy (non-hydrogen) atoms. The maximum atomic E-state index is 14.6. The summed E-state index contributed by atoms with van der Waals surface area (Å²) in [6.45, 7) is -0.213. The number of halogens is 15. The first-order valence-corrected chi connectivity index (χ1v) is 16.8. The van der Waals surface area contributed by atoms with Gasteiger partial charge in [0.25, 0.3) is 0 Å². The molecule has 0 atom stereocenters. The van der Waals surface area contributed by atoms with Crippen LogP contribution in [0.25, 0.3) is 0 Å². The molecule has 0 aromatic heterocycles. The third-order valence-electron chi connectivity index (χ3n) is 8.65. The molecule has 0 aliphatic carbocycles. The Kier molecular flexibility index (Phi) is 11.4. The third-order valence-corrected chi connectivity index (χ3v) is 11.4. The first kappa shape index (κ1) is 39.8. The maximum Gasteiger partial charge on any atom is 0.428 e. The minimum atomic E-state index is -5.41. The molecular formula is C37H18BF15Si. The van der Waals surface area contributed by atoms with E-state index in [1.807, 2.05) is 0 Å². The van der Waals surface area contributed by atoms with Crippen LogP contribution in [0.2, 0.25) is 6.82 Å². The summed E-state index contributed by atoms with van der Waals surface area (Å²) >= 11 is 0. The zero-order valence-corrected chi connectivity index (χ0v) is 27.9.